The monoisotopic (exact) mass is 286 g/mol. The summed E-state index contributed by atoms with van der Waals surface area (Å²) in [5, 5.41) is 11.8. The Kier molecular flexibility index (Phi) is 3.86. The molecule has 0 bridgehead atoms. The van der Waals surface area contributed by atoms with Gasteiger partial charge in [0.25, 0.3) is 5.91 Å². The number of fused-ring (bicyclic) bond motifs is 1. The standard InChI is InChI=1S/C15H18N4O2/c1-10-7-19-8-13(4-14(19)9-21-10)18-15(20)11-2-3-12(5-16)17-6-11/h2-3,6,10,13-14H,4,7-9H2,1H3,(H,18,20)/t10-,13-,14-/m0/s1. The molecule has 3 atom stereocenters. The Balaban J connectivity index is 1.59. The molecule has 0 spiro atoms. The van der Waals surface area contributed by atoms with Crippen molar-refractivity contribution in [3.63, 3.8) is 0 Å². The zero-order valence-electron chi connectivity index (χ0n) is 12.0. The van der Waals surface area contributed by atoms with E-state index in [1.165, 1.54) is 6.20 Å². The zero-order chi connectivity index (χ0) is 14.8. The molecule has 0 unspecified atom stereocenters. The molecule has 1 amide bonds. The maximum atomic E-state index is 12.2. The van der Waals surface area contributed by atoms with Crippen molar-refractivity contribution in [2.24, 2.45) is 0 Å². The molecule has 110 valence electrons. The smallest absolute Gasteiger partial charge is 0.253 e. The van der Waals surface area contributed by atoms with E-state index in [9.17, 15) is 4.79 Å². The van der Waals surface area contributed by atoms with Crippen LogP contribution in [0.5, 0.6) is 0 Å². The molecule has 1 aromatic rings. The van der Waals surface area contributed by atoms with Crippen LogP contribution in [0.25, 0.3) is 0 Å². The minimum absolute atomic E-state index is 0.134. The fourth-order valence-corrected chi connectivity index (χ4v) is 3.01. The second-order valence-electron chi connectivity index (χ2n) is 5.70. The van der Waals surface area contributed by atoms with E-state index in [0.717, 1.165) is 26.1 Å². The van der Waals surface area contributed by atoms with E-state index < -0.39 is 0 Å². The van der Waals surface area contributed by atoms with Crippen LogP contribution in [0.2, 0.25) is 0 Å². The summed E-state index contributed by atoms with van der Waals surface area (Å²) in [6.07, 6.45) is 2.63. The third kappa shape index (κ3) is 3.04. The molecule has 2 aliphatic heterocycles. The average Bonchev–Trinajstić information content (AvgIpc) is 2.88. The Morgan fingerprint density at radius 1 is 1.52 bits per heavy atom. The highest BCUT2D eigenvalue weighted by Crippen LogP contribution is 2.23. The van der Waals surface area contributed by atoms with Gasteiger partial charge in [-0.15, -0.1) is 0 Å². The lowest BCUT2D eigenvalue weighted by Gasteiger charge is -2.33. The molecular formula is C15H18N4O2. The molecule has 21 heavy (non-hydrogen) atoms. The predicted molar refractivity (Wildman–Crippen MR) is 75.6 cm³/mol. The highest BCUT2D eigenvalue weighted by molar-refractivity contribution is 5.94. The van der Waals surface area contributed by atoms with E-state index in [4.69, 9.17) is 10.00 Å². The molecule has 1 aromatic heterocycles. The predicted octanol–water partition coefficient (Wildman–Crippen LogP) is 0.545. The Bertz CT molecular complexity index is 566. The molecule has 0 aliphatic carbocycles. The number of ether oxygens (including phenoxy) is 1. The van der Waals surface area contributed by atoms with Crippen molar-refractivity contribution in [2.75, 3.05) is 19.7 Å². The van der Waals surface area contributed by atoms with Gasteiger partial charge in [-0.1, -0.05) is 0 Å². The normalized spacial score (nSPS) is 28.7. The second kappa shape index (κ2) is 5.80. The van der Waals surface area contributed by atoms with Gasteiger partial charge in [-0.3, -0.25) is 9.69 Å². The van der Waals surface area contributed by atoms with Crippen molar-refractivity contribution < 1.29 is 9.53 Å². The first-order valence-corrected chi connectivity index (χ1v) is 7.18. The largest absolute Gasteiger partial charge is 0.376 e. The van der Waals surface area contributed by atoms with Crippen molar-refractivity contribution in [1.29, 1.82) is 5.26 Å². The van der Waals surface area contributed by atoms with Crippen molar-refractivity contribution in [3.05, 3.63) is 29.6 Å². The van der Waals surface area contributed by atoms with Gasteiger partial charge < -0.3 is 10.1 Å². The topological polar surface area (TPSA) is 78.3 Å². The Morgan fingerprint density at radius 2 is 2.38 bits per heavy atom. The van der Waals surface area contributed by atoms with Crippen LogP contribution in [-0.2, 0) is 4.74 Å². The quantitative estimate of drug-likeness (QED) is 0.858. The second-order valence-corrected chi connectivity index (χ2v) is 5.70. The number of nitrogens with one attached hydrogen (secondary N) is 1. The number of carbonyl (C=O) groups is 1. The molecule has 3 rings (SSSR count). The Labute approximate surface area is 123 Å². The molecule has 2 aliphatic rings. The summed E-state index contributed by atoms with van der Waals surface area (Å²) in [5.41, 5.74) is 0.805. The van der Waals surface area contributed by atoms with E-state index in [0.29, 0.717) is 17.3 Å². The van der Waals surface area contributed by atoms with Crippen LogP contribution >= 0.6 is 0 Å². The van der Waals surface area contributed by atoms with Crippen LogP contribution < -0.4 is 5.32 Å². The third-order valence-electron chi connectivity index (χ3n) is 4.07. The number of amides is 1. The maximum Gasteiger partial charge on any atom is 0.253 e. The van der Waals surface area contributed by atoms with E-state index in [1.54, 1.807) is 12.1 Å². The summed E-state index contributed by atoms with van der Waals surface area (Å²) >= 11 is 0. The SMILES string of the molecule is C[C@H]1CN2C[C@@H](NC(=O)c3ccc(C#N)nc3)C[C@H]2CO1. The molecule has 0 radical (unpaired) electrons. The summed E-state index contributed by atoms with van der Waals surface area (Å²) in [6.45, 7) is 4.61. The molecule has 1 N–H and O–H groups in total. The van der Waals surface area contributed by atoms with Gasteiger partial charge in [-0.25, -0.2) is 4.98 Å². The van der Waals surface area contributed by atoms with Crippen molar-refractivity contribution in [2.45, 2.75) is 31.5 Å². The third-order valence-corrected chi connectivity index (χ3v) is 4.07. The number of pyridine rings is 1. The lowest BCUT2D eigenvalue weighted by Crippen LogP contribution is -2.45. The Morgan fingerprint density at radius 3 is 3.10 bits per heavy atom. The highest BCUT2D eigenvalue weighted by Gasteiger charge is 2.36. The molecule has 0 saturated carbocycles. The van der Waals surface area contributed by atoms with Gasteiger partial charge in [-0.2, -0.15) is 5.26 Å². The van der Waals surface area contributed by atoms with Gasteiger partial charge in [-0.05, 0) is 25.5 Å². The van der Waals surface area contributed by atoms with Gasteiger partial charge in [0, 0.05) is 31.4 Å². The van der Waals surface area contributed by atoms with Crippen LogP contribution in [0.15, 0.2) is 18.3 Å². The number of hydrogen-bond donors (Lipinski definition) is 1. The number of nitriles is 1. The van der Waals surface area contributed by atoms with Crippen LogP contribution in [0, 0.1) is 11.3 Å². The van der Waals surface area contributed by atoms with E-state index in [1.807, 2.05) is 6.07 Å². The number of morpholine rings is 1. The number of nitrogens with zero attached hydrogens (tertiary/aromatic N) is 3. The fourth-order valence-electron chi connectivity index (χ4n) is 3.01. The summed E-state index contributed by atoms with van der Waals surface area (Å²) < 4.78 is 5.66. The van der Waals surface area contributed by atoms with Gasteiger partial charge in [0.05, 0.1) is 18.3 Å². The summed E-state index contributed by atoms with van der Waals surface area (Å²) in [7, 11) is 0. The van der Waals surface area contributed by atoms with Crippen molar-refractivity contribution in [3.8, 4) is 6.07 Å². The first-order valence-electron chi connectivity index (χ1n) is 7.18. The fraction of sp³-hybridized carbons (Fsp3) is 0.533. The van der Waals surface area contributed by atoms with Gasteiger partial charge >= 0.3 is 0 Å². The summed E-state index contributed by atoms with van der Waals surface area (Å²) in [5.74, 6) is -0.134. The molecular weight excluding hydrogens is 268 g/mol. The first kappa shape index (κ1) is 14.0. The highest BCUT2D eigenvalue weighted by atomic mass is 16.5. The minimum atomic E-state index is -0.134. The van der Waals surface area contributed by atoms with E-state index in [-0.39, 0.29) is 18.1 Å². The minimum Gasteiger partial charge on any atom is -0.376 e. The summed E-state index contributed by atoms with van der Waals surface area (Å²) in [4.78, 5) is 18.5. The molecule has 6 nitrogen and oxygen atoms in total. The lowest BCUT2D eigenvalue weighted by molar-refractivity contribution is -0.0390. The maximum absolute atomic E-state index is 12.2. The van der Waals surface area contributed by atoms with Crippen LogP contribution in [-0.4, -0.2) is 53.7 Å². The van der Waals surface area contributed by atoms with E-state index in [2.05, 4.69) is 22.1 Å². The van der Waals surface area contributed by atoms with Crippen LogP contribution in [0.1, 0.15) is 29.4 Å². The average molecular weight is 286 g/mol. The first-order chi connectivity index (χ1) is 10.2. The van der Waals surface area contributed by atoms with Crippen molar-refractivity contribution in [1.82, 2.24) is 15.2 Å². The van der Waals surface area contributed by atoms with Crippen LogP contribution in [0.4, 0.5) is 0 Å². The molecule has 3 heterocycles. The van der Waals surface area contributed by atoms with Gasteiger partial charge in [0.1, 0.15) is 11.8 Å². The number of hydrogen-bond acceptors (Lipinski definition) is 5. The molecule has 0 aromatic carbocycles. The molecule has 2 fully saturated rings. The number of rotatable bonds is 2. The number of aromatic nitrogens is 1. The zero-order valence-corrected chi connectivity index (χ0v) is 12.0. The lowest BCUT2D eigenvalue weighted by atomic mass is 10.1. The van der Waals surface area contributed by atoms with Gasteiger partial charge in [0.2, 0.25) is 0 Å². The van der Waals surface area contributed by atoms with Crippen LogP contribution in [0.3, 0.4) is 0 Å². The molecule has 2 saturated heterocycles. The summed E-state index contributed by atoms with van der Waals surface area (Å²) in [6, 6.07) is 5.69. The Hall–Kier alpha value is -1.97. The number of carbonyl (C=O) groups excluding carboxylic acids is 1. The van der Waals surface area contributed by atoms with Gasteiger partial charge in [0.15, 0.2) is 0 Å². The van der Waals surface area contributed by atoms with E-state index >= 15 is 0 Å². The van der Waals surface area contributed by atoms with Crippen molar-refractivity contribution >= 4 is 5.91 Å². The molecule has 6 heteroatoms.